The second-order valence-electron chi connectivity index (χ2n) is 9.05. The minimum absolute atomic E-state index is 0.0907. The van der Waals surface area contributed by atoms with Crippen molar-refractivity contribution in [3.05, 3.63) is 95.9 Å². The van der Waals surface area contributed by atoms with Crippen molar-refractivity contribution in [3.8, 4) is 22.7 Å². The van der Waals surface area contributed by atoms with Crippen LogP contribution in [0.3, 0.4) is 0 Å². The fourth-order valence-corrected chi connectivity index (χ4v) is 4.67. The van der Waals surface area contributed by atoms with E-state index in [9.17, 15) is 14.0 Å². The number of hydrogen-bond donors (Lipinski definition) is 0. The number of methoxy groups -OCH3 is 1. The van der Waals surface area contributed by atoms with Crippen molar-refractivity contribution >= 4 is 17.6 Å². The molecule has 3 aromatic carbocycles. The van der Waals surface area contributed by atoms with Crippen molar-refractivity contribution in [2.45, 2.75) is 6.92 Å². The van der Waals surface area contributed by atoms with Crippen LogP contribution in [-0.2, 0) is 4.74 Å². The van der Waals surface area contributed by atoms with Gasteiger partial charge in [-0.25, -0.2) is 13.9 Å². The monoisotopic (exact) mass is 528 g/mol. The maximum absolute atomic E-state index is 13.2. The number of anilines is 1. The first-order valence-corrected chi connectivity index (χ1v) is 12.8. The van der Waals surface area contributed by atoms with E-state index in [1.807, 2.05) is 48.5 Å². The maximum atomic E-state index is 13.2. The highest BCUT2D eigenvalue weighted by Crippen LogP contribution is 2.31. The minimum Gasteiger partial charge on any atom is -0.494 e. The van der Waals surface area contributed by atoms with Crippen LogP contribution in [0.25, 0.3) is 16.9 Å². The molecule has 4 aromatic rings. The number of hydrogen-bond acceptors (Lipinski definition) is 6. The lowest BCUT2D eigenvalue weighted by atomic mass is 10.1. The predicted octanol–water partition coefficient (Wildman–Crippen LogP) is 4.83. The summed E-state index contributed by atoms with van der Waals surface area (Å²) in [6.07, 6.45) is 0. The minimum atomic E-state index is -0.489. The van der Waals surface area contributed by atoms with Crippen molar-refractivity contribution in [1.82, 2.24) is 14.7 Å². The molecule has 0 atom stereocenters. The molecule has 2 heterocycles. The van der Waals surface area contributed by atoms with E-state index in [1.54, 1.807) is 29.7 Å². The van der Waals surface area contributed by atoms with Gasteiger partial charge < -0.3 is 19.3 Å². The van der Waals surface area contributed by atoms with Crippen molar-refractivity contribution in [2.24, 2.45) is 0 Å². The summed E-state index contributed by atoms with van der Waals surface area (Å²) < 4.78 is 25.6. The van der Waals surface area contributed by atoms with Crippen LogP contribution in [-0.4, -0.2) is 66.5 Å². The molecule has 8 nitrogen and oxygen atoms in total. The Kier molecular flexibility index (Phi) is 7.58. The van der Waals surface area contributed by atoms with Crippen LogP contribution in [0.1, 0.15) is 27.8 Å². The van der Waals surface area contributed by atoms with E-state index in [0.29, 0.717) is 43.2 Å². The highest BCUT2D eigenvalue weighted by Gasteiger charge is 2.23. The van der Waals surface area contributed by atoms with Crippen molar-refractivity contribution < 1.29 is 23.5 Å². The predicted molar refractivity (Wildman–Crippen MR) is 146 cm³/mol. The van der Waals surface area contributed by atoms with Gasteiger partial charge in [-0.15, -0.1) is 0 Å². The fraction of sp³-hybridized carbons (Fsp3) is 0.233. The number of para-hydroxylation sites is 2. The first kappa shape index (κ1) is 26.0. The van der Waals surface area contributed by atoms with Crippen molar-refractivity contribution in [2.75, 3.05) is 44.8 Å². The van der Waals surface area contributed by atoms with E-state index in [0.717, 1.165) is 16.9 Å². The molecule has 5 rings (SSSR count). The summed E-state index contributed by atoms with van der Waals surface area (Å²) in [6.45, 7) is 4.51. The number of carbonyl (C=O) groups is 2. The summed E-state index contributed by atoms with van der Waals surface area (Å²) in [7, 11) is 1.59. The third kappa shape index (κ3) is 5.47. The molecule has 0 N–H and O–H groups in total. The second-order valence-corrected chi connectivity index (χ2v) is 9.05. The Balaban J connectivity index is 1.35. The SMILES string of the molecule is CCOC(=O)c1cc(-c2ccc(N3CCN(C(=O)c4ccc(F)cc4)CC3)cc2)n(-c2ccccc2OC)n1. The molecule has 0 spiro atoms. The molecule has 1 saturated heterocycles. The number of esters is 1. The number of rotatable bonds is 7. The molecule has 1 aliphatic rings. The Morgan fingerprint density at radius 1 is 0.923 bits per heavy atom. The van der Waals surface area contributed by atoms with Crippen molar-refractivity contribution in [1.29, 1.82) is 0 Å². The van der Waals surface area contributed by atoms with E-state index >= 15 is 0 Å². The largest absolute Gasteiger partial charge is 0.494 e. The van der Waals surface area contributed by atoms with Crippen LogP contribution in [0.5, 0.6) is 5.75 Å². The van der Waals surface area contributed by atoms with Crippen LogP contribution >= 0.6 is 0 Å². The highest BCUT2D eigenvalue weighted by atomic mass is 19.1. The van der Waals surface area contributed by atoms with Crippen LogP contribution in [0, 0.1) is 5.82 Å². The molecule has 1 aromatic heterocycles. The number of amides is 1. The van der Waals surface area contributed by atoms with Crippen LogP contribution < -0.4 is 9.64 Å². The van der Waals surface area contributed by atoms with E-state index in [1.165, 1.54) is 24.3 Å². The van der Waals surface area contributed by atoms with Gasteiger partial charge in [0.1, 0.15) is 17.3 Å². The number of nitrogens with zero attached hydrogens (tertiary/aromatic N) is 4. The number of halogens is 1. The topological polar surface area (TPSA) is 76.9 Å². The summed E-state index contributed by atoms with van der Waals surface area (Å²) in [5, 5.41) is 4.54. The summed E-state index contributed by atoms with van der Waals surface area (Å²) in [5.41, 5.74) is 4.03. The Hall–Kier alpha value is -4.66. The third-order valence-electron chi connectivity index (χ3n) is 6.69. The Morgan fingerprint density at radius 2 is 1.62 bits per heavy atom. The van der Waals surface area contributed by atoms with Gasteiger partial charge in [0.15, 0.2) is 5.69 Å². The first-order valence-electron chi connectivity index (χ1n) is 12.8. The Bertz CT molecular complexity index is 1460. The van der Waals surface area contributed by atoms with Gasteiger partial charge in [0, 0.05) is 43.0 Å². The summed E-state index contributed by atoms with van der Waals surface area (Å²) >= 11 is 0. The summed E-state index contributed by atoms with van der Waals surface area (Å²) in [6, 6.07) is 22.9. The molecule has 1 fully saturated rings. The molecule has 0 saturated carbocycles. The Morgan fingerprint density at radius 3 is 2.28 bits per heavy atom. The summed E-state index contributed by atoms with van der Waals surface area (Å²) in [5.74, 6) is -0.311. The highest BCUT2D eigenvalue weighted by molar-refractivity contribution is 5.94. The number of benzene rings is 3. The average Bonchev–Trinajstić information content (AvgIpc) is 3.43. The zero-order valence-electron chi connectivity index (χ0n) is 21.8. The lowest BCUT2D eigenvalue weighted by Crippen LogP contribution is -2.48. The number of aromatic nitrogens is 2. The quantitative estimate of drug-likeness (QED) is 0.320. The van der Waals surface area contributed by atoms with Gasteiger partial charge in [-0.3, -0.25) is 4.79 Å². The van der Waals surface area contributed by atoms with Crippen LogP contribution in [0.15, 0.2) is 78.9 Å². The smallest absolute Gasteiger partial charge is 0.358 e. The van der Waals surface area contributed by atoms with Gasteiger partial charge in [-0.05, 0) is 61.5 Å². The van der Waals surface area contributed by atoms with Gasteiger partial charge in [0.2, 0.25) is 0 Å². The molecule has 0 unspecified atom stereocenters. The summed E-state index contributed by atoms with van der Waals surface area (Å²) in [4.78, 5) is 29.3. The van der Waals surface area contributed by atoms with E-state index < -0.39 is 5.97 Å². The zero-order chi connectivity index (χ0) is 27.4. The van der Waals surface area contributed by atoms with E-state index in [2.05, 4.69) is 10.00 Å². The molecule has 0 bridgehead atoms. The molecule has 1 amide bonds. The maximum Gasteiger partial charge on any atom is 0.358 e. The number of ether oxygens (including phenoxy) is 2. The Labute approximate surface area is 226 Å². The van der Waals surface area contributed by atoms with Gasteiger partial charge in [-0.2, -0.15) is 5.10 Å². The molecular weight excluding hydrogens is 499 g/mol. The third-order valence-corrected chi connectivity index (χ3v) is 6.69. The molecule has 9 heteroatoms. The van der Waals surface area contributed by atoms with Crippen LogP contribution in [0.2, 0.25) is 0 Å². The van der Waals surface area contributed by atoms with Gasteiger partial charge >= 0.3 is 5.97 Å². The fourth-order valence-electron chi connectivity index (χ4n) is 4.67. The molecule has 0 radical (unpaired) electrons. The molecule has 0 aliphatic carbocycles. The molecule has 200 valence electrons. The van der Waals surface area contributed by atoms with E-state index in [-0.39, 0.29) is 24.0 Å². The number of piperazine rings is 1. The average molecular weight is 529 g/mol. The van der Waals surface area contributed by atoms with Gasteiger partial charge in [0.05, 0.1) is 19.4 Å². The zero-order valence-corrected chi connectivity index (χ0v) is 21.8. The molecular formula is C30H29FN4O4. The standard InChI is InChI=1S/C30H29FN4O4/c1-3-39-30(37)25-20-27(35(32-25)26-6-4-5-7-28(26)38-2)21-10-14-24(15-11-21)33-16-18-34(19-17-33)29(36)22-8-12-23(31)13-9-22/h4-15,20H,3,16-19H2,1-2H3. The molecule has 39 heavy (non-hydrogen) atoms. The van der Waals surface area contributed by atoms with Crippen molar-refractivity contribution in [3.63, 3.8) is 0 Å². The van der Waals surface area contributed by atoms with Crippen LogP contribution in [0.4, 0.5) is 10.1 Å². The molecule has 1 aliphatic heterocycles. The van der Waals surface area contributed by atoms with E-state index in [4.69, 9.17) is 9.47 Å². The van der Waals surface area contributed by atoms with Gasteiger partial charge in [-0.1, -0.05) is 24.3 Å². The van der Waals surface area contributed by atoms with Gasteiger partial charge in [0.25, 0.3) is 5.91 Å². The first-order chi connectivity index (χ1) is 19.0. The normalized spacial score (nSPS) is 13.3. The lowest BCUT2D eigenvalue weighted by Gasteiger charge is -2.36. The second kappa shape index (κ2) is 11.4. The number of carbonyl (C=O) groups excluding carboxylic acids is 2. The lowest BCUT2D eigenvalue weighted by molar-refractivity contribution is 0.0518.